The van der Waals surface area contributed by atoms with Crippen molar-refractivity contribution in [3.63, 3.8) is 0 Å². The fourth-order valence-electron chi connectivity index (χ4n) is 1.48. The number of hydrogen-bond donors (Lipinski definition) is 1. The normalized spacial score (nSPS) is 10.1. The summed E-state index contributed by atoms with van der Waals surface area (Å²) in [6.45, 7) is 1.64. The van der Waals surface area contributed by atoms with Crippen molar-refractivity contribution in [1.29, 1.82) is 0 Å². The molecule has 0 saturated carbocycles. The Morgan fingerprint density at radius 3 is 2.80 bits per heavy atom. The van der Waals surface area contributed by atoms with E-state index in [1.54, 1.807) is 6.92 Å². The van der Waals surface area contributed by atoms with E-state index in [0.29, 0.717) is 5.69 Å². The van der Waals surface area contributed by atoms with Gasteiger partial charge in [0.05, 0.1) is 4.92 Å². The van der Waals surface area contributed by atoms with Gasteiger partial charge in [0.2, 0.25) is 0 Å². The minimum Gasteiger partial charge on any atom is -0.476 e. The molecule has 1 N–H and O–H groups in total. The maximum Gasteiger partial charge on any atom is 0.358 e. The van der Waals surface area contributed by atoms with Crippen molar-refractivity contribution < 1.29 is 19.6 Å². The molecule has 8 heteroatoms. The van der Waals surface area contributed by atoms with Crippen molar-refractivity contribution in [3.8, 4) is 11.6 Å². The van der Waals surface area contributed by atoms with E-state index in [1.807, 2.05) is 0 Å². The smallest absolute Gasteiger partial charge is 0.358 e. The summed E-state index contributed by atoms with van der Waals surface area (Å²) in [6.07, 6.45) is 1.29. The van der Waals surface area contributed by atoms with Crippen LogP contribution in [0.1, 0.15) is 16.2 Å². The van der Waals surface area contributed by atoms with Crippen molar-refractivity contribution in [1.82, 2.24) is 9.97 Å². The Bertz CT molecular complexity index is 687. The highest BCUT2D eigenvalue weighted by Crippen LogP contribution is 2.30. The Balaban J connectivity index is 2.47. The molecule has 8 nitrogen and oxygen atoms in total. The van der Waals surface area contributed by atoms with E-state index in [4.69, 9.17) is 9.84 Å². The van der Waals surface area contributed by atoms with Gasteiger partial charge in [0.15, 0.2) is 11.4 Å². The lowest BCUT2D eigenvalue weighted by molar-refractivity contribution is -0.386. The van der Waals surface area contributed by atoms with Crippen LogP contribution in [0, 0.1) is 17.0 Å². The number of carboxylic acid groups (broad SMARTS) is 1. The van der Waals surface area contributed by atoms with Crippen molar-refractivity contribution >= 4 is 11.7 Å². The topological polar surface area (TPSA) is 115 Å². The summed E-state index contributed by atoms with van der Waals surface area (Å²) in [5.41, 5.74) is -0.188. The Morgan fingerprint density at radius 2 is 2.15 bits per heavy atom. The van der Waals surface area contributed by atoms with Gasteiger partial charge in [0, 0.05) is 18.0 Å². The second-order valence-corrected chi connectivity index (χ2v) is 3.79. The largest absolute Gasteiger partial charge is 0.476 e. The average molecular weight is 275 g/mol. The number of aromatic carboxylic acids is 1. The van der Waals surface area contributed by atoms with Crippen LogP contribution in [0.15, 0.2) is 30.5 Å². The highest BCUT2D eigenvalue weighted by atomic mass is 16.6. The van der Waals surface area contributed by atoms with Gasteiger partial charge in [-0.15, -0.1) is 0 Å². The number of carboxylic acids is 1. The van der Waals surface area contributed by atoms with Gasteiger partial charge >= 0.3 is 11.7 Å². The molecule has 2 heterocycles. The number of nitro groups is 1. The molecule has 0 atom stereocenters. The van der Waals surface area contributed by atoms with Crippen LogP contribution >= 0.6 is 0 Å². The maximum atomic E-state index is 11.0. The standard InChI is InChI=1S/C12H9N3O5/c1-7-4-5-8(15(18)19)11(14-7)20-9-3-2-6-13-10(9)12(16)17/h2-6H,1H3,(H,16,17). The van der Waals surface area contributed by atoms with Crippen LogP contribution in [-0.2, 0) is 0 Å². The second-order valence-electron chi connectivity index (χ2n) is 3.79. The molecule has 102 valence electrons. The number of hydrogen-bond acceptors (Lipinski definition) is 6. The van der Waals surface area contributed by atoms with E-state index in [0.717, 1.165) is 0 Å². The summed E-state index contributed by atoms with van der Waals surface area (Å²) < 4.78 is 5.25. The van der Waals surface area contributed by atoms with E-state index >= 15 is 0 Å². The van der Waals surface area contributed by atoms with Gasteiger partial charge in [-0.3, -0.25) is 10.1 Å². The summed E-state index contributed by atoms with van der Waals surface area (Å²) in [5.74, 6) is -1.68. The molecular formula is C12H9N3O5. The van der Waals surface area contributed by atoms with Gasteiger partial charge in [-0.2, -0.15) is 0 Å². The Hall–Kier alpha value is -3.03. The van der Waals surface area contributed by atoms with Crippen LogP contribution in [0.2, 0.25) is 0 Å². The zero-order valence-electron chi connectivity index (χ0n) is 10.3. The van der Waals surface area contributed by atoms with Crippen LogP contribution in [0.3, 0.4) is 0 Å². The number of aryl methyl sites for hydroxylation is 1. The molecule has 2 aromatic rings. The van der Waals surface area contributed by atoms with Crippen molar-refractivity contribution in [2.24, 2.45) is 0 Å². The van der Waals surface area contributed by atoms with Crippen molar-refractivity contribution in [2.75, 3.05) is 0 Å². The van der Waals surface area contributed by atoms with E-state index in [1.165, 1.54) is 30.5 Å². The quantitative estimate of drug-likeness (QED) is 0.671. The molecule has 0 aliphatic rings. The molecule has 0 aliphatic carbocycles. The van der Waals surface area contributed by atoms with E-state index in [2.05, 4.69) is 9.97 Å². The van der Waals surface area contributed by atoms with Crippen LogP contribution in [0.25, 0.3) is 0 Å². The second kappa shape index (κ2) is 5.31. The van der Waals surface area contributed by atoms with Gasteiger partial charge in [-0.05, 0) is 25.1 Å². The Morgan fingerprint density at radius 1 is 1.40 bits per heavy atom. The minimum absolute atomic E-state index is 0.110. The Kier molecular flexibility index (Phi) is 3.56. The molecule has 2 aromatic heterocycles. The third-order valence-corrected chi connectivity index (χ3v) is 2.36. The number of nitrogens with zero attached hydrogens (tertiary/aromatic N) is 3. The van der Waals surface area contributed by atoms with Crippen molar-refractivity contribution in [3.05, 3.63) is 52.0 Å². The summed E-state index contributed by atoms with van der Waals surface area (Å²) in [5, 5.41) is 19.9. The molecule has 0 bridgehead atoms. The molecule has 20 heavy (non-hydrogen) atoms. The van der Waals surface area contributed by atoms with Gasteiger partial charge in [0.1, 0.15) is 0 Å². The predicted molar refractivity (Wildman–Crippen MR) is 66.9 cm³/mol. The number of carbonyl (C=O) groups is 1. The first-order valence-electron chi connectivity index (χ1n) is 5.47. The first-order valence-corrected chi connectivity index (χ1v) is 5.47. The molecule has 0 saturated heterocycles. The molecule has 0 fully saturated rings. The number of pyridine rings is 2. The highest BCUT2D eigenvalue weighted by Gasteiger charge is 2.21. The van der Waals surface area contributed by atoms with Crippen molar-refractivity contribution in [2.45, 2.75) is 6.92 Å². The Labute approximate surface area is 112 Å². The fraction of sp³-hybridized carbons (Fsp3) is 0.0833. The minimum atomic E-state index is -1.30. The van der Waals surface area contributed by atoms with Gasteiger partial charge in [-0.25, -0.2) is 14.8 Å². The fourth-order valence-corrected chi connectivity index (χ4v) is 1.48. The summed E-state index contributed by atoms with van der Waals surface area (Å²) >= 11 is 0. The lowest BCUT2D eigenvalue weighted by Gasteiger charge is -2.07. The maximum absolute atomic E-state index is 11.0. The summed E-state index contributed by atoms with van der Waals surface area (Å²) in [6, 6.07) is 5.52. The lowest BCUT2D eigenvalue weighted by Crippen LogP contribution is -2.04. The van der Waals surface area contributed by atoms with E-state index in [9.17, 15) is 14.9 Å². The number of rotatable bonds is 4. The third-order valence-electron chi connectivity index (χ3n) is 2.36. The predicted octanol–water partition coefficient (Wildman–Crippen LogP) is 2.18. The average Bonchev–Trinajstić information content (AvgIpc) is 2.38. The molecule has 0 amide bonds. The monoisotopic (exact) mass is 275 g/mol. The van der Waals surface area contributed by atoms with Gasteiger partial charge in [-0.1, -0.05) is 0 Å². The van der Waals surface area contributed by atoms with E-state index in [-0.39, 0.29) is 23.0 Å². The third kappa shape index (κ3) is 2.69. The first kappa shape index (κ1) is 13.4. The molecule has 2 rings (SSSR count). The SMILES string of the molecule is Cc1ccc([N+](=O)[O-])c(Oc2cccnc2C(=O)O)n1. The lowest BCUT2D eigenvalue weighted by atomic mass is 10.3. The summed E-state index contributed by atoms with van der Waals surface area (Å²) in [4.78, 5) is 28.8. The molecule has 0 unspecified atom stereocenters. The molecule has 0 radical (unpaired) electrons. The highest BCUT2D eigenvalue weighted by molar-refractivity contribution is 5.88. The molecule has 0 spiro atoms. The van der Waals surface area contributed by atoms with Crippen LogP contribution in [0.5, 0.6) is 11.6 Å². The molecule has 0 aromatic carbocycles. The molecular weight excluding hydrogens is 266 g/mol. The van der Waals surface area contributed by atoms with E-state index < -0.39 is 10.9 Å². The molecule has 0 aliphatic heterocycles. The van der Waals surface area contributed by atoms with Gasteiger partial charge < -0.3 is 9.84 Å². The van der Waals surface area contributed by atoms with Gasteiger partial charge in [0.25, 0.3) is 5.88 Å². The zero-order valence-corrected chi connectivity index (χ0v) is 10.3. The number of ether oxygens (including phenoxy) is 1. The first-order chi connectivity index (χ1) is 9.49. The van der Waals surface area contributed by atoms with Crippen LogP contribution in [-0.4, -0.2) is 26.0 Å². The summed E-state index contributed by atoms with van der Waals surface area (Å²) in [7, 11) is 0. The zero-order chi connectivity index (χ0) is 14.7. The van der Waals surface area contributed by atoms with Crippen LogP contribution < -0.4 is 4.74 Å². The van der Waals surface area contributed by atoms with Crippen LogP contribution in [0.4, 0.5) is 5.69 Å². The number of aromatic nitrogens is 2.